The van der Waals surface area contributed by atoms with Gasteiger partial charge in [-0.1, -0.05) is 60.7 Å². The van der Waals surface area contributed by atoms with Crippen LogP contribution in [0.4, 0.5) is 5.82 Å². The van der Waals surface area contributed by atoms with Crippen molar-refractivity contribution in [3.05, 3.63) is 90.6 Å². The quantitative estimate of drug-likeness (QED) is 0.467. The number of carbonyl (C=O) groups excluding carboxylic acids is 1. The van der Waals surface area contributed by atoms with Crippen molar-refractivity contribution in [3.8, 4) is 0 Å². The van der Waals surface area contributed by atoms with Crippen LogP contribution in [-0.4, -0.2) is 30.1 Å². The third-order valence-corrected chi connectivity index (χ3v) is 6.36. The molecule has 1 atom stereocenters. The zero-order valence-corrected chi connectivity index (χ0v) is 17.7. The van der Waals surface area contributed by atoms with E-state index in [4.69, 9.17) is 0 Å². The predicted octanol–water partition coefficient (Wildman–Crippen LogP) is 3.10. The summed E-state index contributed by atoms with van der Waals surface area (Å²) in [6.45, 7) is 0. The minimum Gasteiger partial charge on any atom is -0.308 e. The number of benzene rings is 3. The zero-order valence-electron chi connectivity index (χ0n) is 16.9. The van der Waals surface area contributed by atoms with Gasteiger partial charge < -0.3 is 5.32 Å². The summed E-state index contributed by atoms with van der Waals surface area (Å²) in [6.07, 6.45) is 1.90. The van der Waals surface area contributed by atoms with Gasteiger partial charge in [0, 0.05) is 19.3 Å². The molecule has 7 nitrogen and oxygen atoms in total. The number of nitrogens with zero attached hydrogens (tertiary/aromatic N) is 2. The molecule has 31 heavy (non-hydrogen) atoms. The van der Waals surface area contributed by atoms with Crippen LogP contribution in [-0.2, 0) is 28.3 Å². The van der Waals surface area contributed by atoms with Crippen molar-refractivity contribution in [3.63, 3.8) is 0 Å². The lowest BCUT2D eigenvalue weighted by molar-refractivity contribution is -0.117. The number of amides is 1. The van der Waals surface area contributed by atoms with Crippen molar-refractivity contribution >= 4 is 32.5 Å². The highest BCUT2D eigenvalue weighted by atomic mass is 32.2. The number of hydrogen-bond donors (Lipinski definition) is 2. The number of carbonyl (C=O) groups is 1. The summed E-state index contributed by atoms with van der Waals surface area (Å²) in [5, 5.41) is 8.57. The average molecular weight is 435 g/mol. The van der Waals surface area contributed by atoms with Crippen LogP contribution in [0.15, 0.2) is 90.0 Å². The molecule has 1 aromatic heterocycles. The molecule has 0 spiro atoms. The summed E-state index contributed by atoms with van der Waals surface area (Å²) in [6, 6.07) is 22.3. The van der Waals surface area contributed by atoms with Gasteiger partial charge in [-0.15, -0.1) is 0 Å². The van der Waals surface area contributed by atoms with Crippen molar-refractivity contribution in [1.82, 2.24) is 14.5 Å². The van der Waals surface area contributed by atoms with Crippen LogP contribution < -0.4 is 10.0 Å². The van der Waals surface area contributed by atoms with E-state index in [2.05, 4.69) is 15.1 Å². The van der Waals surface area contributed by atoms with Crippen molar-refractivity contribution in [2.24, 2.45) is 7.05 Å². The Hall–Kier alpha value is -3.49. The van der Waals surface area contributed by atoms with Crippen LogP contribution in [0.1, 0.15) is 5.56 Å². The van der Waals surface area contributed by atoms with Gasteiger partial charge in [0.25, 0.3) is 0 Å². The van der Waals surface area contributed by atoms with Gasteiger partial charge in [0.1, 0.15) is 6.04 Å². The van der Waals surface area contributed by atoms with Gasteiger partial charge in [-0.25, -0.2) is 8.42 Å². The maximum absolute atomic E-state index is 13.1. The van der Waals surface area contributed by atoms with Gasteiger partial charge in [0.15, 0.2) is 5.82 Å². The van der Waals surface area contributed by atoms with Gasteiger partial charge >= 0.3 is 0 Å². The van der Waals surface area contributed by atoms with Crippen LogP contribution in [0.3, 0.4) is 0 Å². The van der Waals surface area contributed by atoms with Crippen LogP contribution in [0.5, 0.6) is 0 Å². The van der Waals surface area contributed by atoms with Gasteiger partial charge in [-0.3, -0.25) is 9.48 Å². The molecule has 0 aliphatic rings. The highest BCUT2D eigenvalue weighted by Crippen LogP contribution is 2.20. The van der Waals surface area contributed by atoms with Gasteiger partial charge in [-0.2, -0.15) is 9.82 Å². The molecule has 3 aromatic carbocycles. The number of nitrogens with one attached hydrogen (secondary N) is 2. The molecule has 2 N–H and O–H groups in total. The first-order chi connectivity index (χ1) is 14.9. The van der Waals surface area contributed by atoms with Crippen LogP contribution in [0.2, 0.25) is 0 Å². The molecular weight excluding hydrogens is 412 g/mol. The molecule has 0 bridgehead atoms. The molecule has 4 aromatic rings. The maximum Gasteiger partial charge on any atom is 0.244 e. The molecule has 158 valence electrons. The summed E-state index contributed by atoms with van der Waals surface area (Å²) >= 11 is 0. The fraction of sp³-hybridized carbons (Fsp3) is 0.130. The Kier molecular flexibility index (Phi) is 5.83. The monoisotopic (exact) mass is 434 g/mol. The highest BCUT2D eigenvalue weighted by Gasteiger charge is 2.27. The Morgan fingerprint density at radius 2 is 1.68 bits per heavy atom. The number of sulfonamides is 1. The van der Waals surface area contributed by atoms with E-state index in [0.717, 1.165) is 16.3 Å². The smallest absolute Gasteiger partial charge is 0.244 e. The molecular formula is C23H22N4O3S. The zero-order chi connectivity index (χ0) is 21.8. The molecule has 0 fully saturated rings. The fourth-order valence-corrected chi connectivity index (χ4v) is 4.55. The van der Waals surface area contributed by atoms with E-state index < -0.39 is 22.0 Å². The number of aromatic nitrogens is 2. The van der Waals surface area contributed by atoms with E-state index in [0.29, 0.717) is 5.82 Å². The van der Waals surface area contributed by atoms with Gasteiger partial charge in [0.2, 0.25) is 15.9 Å². The number of rotatable bonds is 7. The van der Waals surface area contributed by atoms with E-state index in [9.17, 15) is 13.2 Å². The molecule has 8 heteroatoms. The van der Waals surface area contributed by atoms with E-state index in [-0.39, 0.29) is 11.3 Å². The molecule has 0 saturated heterocycles. The molecule has 0 aliphatic heterocycles. The van der Waals surface area contributed by atoms with Crippen molar-refractivity contribution in [2.75, 3.05) is 5.32 Å². The highest BCUT2D eigenvalue weighted by molar-refractivity contribution is 7.89. The molecule has 0 radical (unpaired) electrons. The molecule has 1 amide bonds. The second-order valence-corrected chi connectivity index (χ2v) is 8.95. The SMILES string of the molecule is Cn1ccc(NC(=O)[C@H](Cc2ccccc2)NS(=O)(=O)c2ccc3ccccc3c2)n1. The minimum absolute atomic E-state index is 0.106. The fourth-order valence-electron chi connectivity index (χ4n) is 3.32. The van der Waals surface area contributed by atoms with E-state index >= 15 is 0 Å². The van der Waals surface area contributed by atoms with Crippen molar-refractivity contribution < 1.29 is 13.2 Å². The molecule has 0 saturated carbocycles. The summed E-state index contributed by atoms with van der Waals surface area (Å²) in [4.78, 5) is 13.1. The molecule has 0 aliphatic carbocycles. The summed E-state index contributed by atoms with van der Waals surface area (Å²) < 4.78 is 30.4. The predicted molar refractivity (Wildman–Crippen MR) is 120 cm³/mol. The Morgan fingerprint density at radius 1 is 0.968 bits per heavy atom. The van der Waals surface area contributed by atoms with E-state index in [1.165, 1.54) is 0 Å². The van der Waals surface area contributed by atoms with Gasteiger partial charge in [-0.05, 0) is 34.9 Å². The average Bonchev–Trinajstić information content (AvgIpc) is 3.18. The van der Waals surface area contributed by atoms with Crippen LogP contribution in [0.25, 0.3) is 10.8 Å². The summed E-state index contributed by atoms with van der Waals surface area (Å²) in [7, 11) is -2.20. The summed E-state index contributed by atoms with van der Waals surface area (Å²) in [5.74, 6) is -0.123. The minimum atomic E-state index is -3.94. The molecule has 0 unspecified atom stereocenters. The van der Waals surface area contributed by atoms with E-state index in [1.807, 2.05) is 54.6 Å². The lowest BCUT2D eigenvalue weighted by Gasteiger charge is -2.18. The number of aryl methyl sites for hydroxylation is 1. The normalized spacial score (nSPS) is 12.5. The van der Waals surface area contributed by atoms with Crippen molar-refractivity contribution in [1.29, 1.82) is 0 Å². The Balaban J connectivity index is 1.62. The molecule has 1 heterocycles. The van der Waals surface area contributed by atoms with E-state index in [1.54, 1.807) is 42.2 Å². The molecule has 4 rings (SSSR count). The van der Waals surface area contributed by atoms with Crippen LogP contribution >= 0.6 is 0 Å². The number of hydrogen-bond acceptors (Lipinski definition) is 4. The second-order valence-electron chi connectivity index (χ2n) is 7.24. The Bertz CT molecular complexity index is 1320. The lowest BCUT2D eigenvalue weighted by atomic mass is 10.1. The Morgan fingerprint density at radius 3 is 2.39 bits per heavy atom. The first kappa shape index (κ1) is 20.8. The standard InChI is InChI=1S/C23H22N4O3S/c1-27-14-13-22(25-27)24-23(28)21(15-17-7-3-2-4-8-17)26-31(29,30)20-12-11-18-9-5-6-10-19(18)16-20/h2-14,16,21,26H,15H2,1H3,(H,24,25,28)/t21-/m0/s1. The third kappa shape index (κ3) is 4.99. The number of fused-ring (bicyclic) bond motifs is 1. The van der Waals surface area contributed by atoms with Crippen LogP contribution in [0, 0.1) is 0 Å². The first-order valence-corrected chi connectivity index (χ1v) is 11.2. The topological polar surface area (TPSA) is 93.1 Å². The summed E-state index contributed by atoms with van der Waals surface area (Å²) in [5.41, 5.74) is 0.838. The van der Waals surface area contributed by atoms with Gasteiger partial charge in [0.05, 0.1) is 4.90 Å². The lowest BCUT2D eigenvalue weighted by Crippen LogP contribution is -2.45. The third-order valence-electron chi connectivity index (χ3n) is 4.89. The maximum atomic E-state index is 13.1. The second kappa shape index (κ2) is 8.71. The largest absolute Gasteiger partial charge is 0.308 e. The Labute approximate surface area is 180 Å². The van der Waals surface area contributed by atoms with Crippen molar-refractivity contribution in [2.45, 2.75) is 17.4 Å². The number of anilines is 1. The first-order valence-electron chi connectivity index (χ1n) is 9.76.